The van der Waals surface area contributed by atoms with E-state index in [-0.39, 0.29) is 0 Å². The molecule has 0 amide bonds. The molecule has 0 aliphatic rings. The number of para-hydroxylation sites is 1. The maximum atomic E-state index is 4.71. The molecule has 1 aromatic carbocycles. The lowest BCUT2D eigenvalue weighted by molar-refractivity contribution is 0.409. The van der Waals surface area contributed by atoms with E-state index in [2.05, 4.69) is 58.3 Å². The van der Waals surface area contributed by atoms with Crippen LogP contribution < -0.4 is 5.32 Å². The van der Waals surface area contributed by atoms with Gasteiger partial charge in [0, 0.05) is 43.2 Å². The standard InChI is InChI=1S/C15H18N4O/c1-11-12-5-3-4-6-13(12)19(2)14(11)9-16-8-7-15-17-10-20-18-15/h3-6,10,16H,7-9H2,1-2H3. The first kappa shape index (κ1) is 12.9. The number of nitrogens with one attached hydrogen (secondary N) is 1. The van der Waals surface area contributed by atoms with E-state index in [1.807, 2.05) is 0 Å². The smallest absolute Gasteiger partial charge is 0.213 e. The number of benzene rings is 1. The molecule has 0 radical (unpaired) electrons. The van der Waals surface area contributed by atoms with Gasteiger partial charge in [-0.1, -0.05) is 23.4 Å². The molecule has 2 aromatic heterocycles. The van der Waals surface area contributed by atoms with Crippen LogP contribution in [0.5, 0.6) is 0 Å². The number of hydrogen-bond donors (Lipinski definition) is 1. The molecule has 0 bridgehead atoms. The average molecular weight is 270 g/mol. The minimum Gasteiger partial charge on any atom is -0.346 e. The maximum Gasteiger partial charge on any atom is 0.213 e. The fourth-order valence-corrected chi connectivity index (χ4v) is 2.60. The van der Waals surface area contributed by atoms with Crippen LogP contribution in [-0.2, 0) is 20.0 Å². The molecule has 2 heterocycles. The summed E-state index contributed by atoms with van der Waals surface area (Å²) < 4.78 is 6.97. The Balaban J connectivity index is 1.68. The molecule has 0 fully saturated rings. The van der Waals surface area contributed by atoms with Gasteiger partial charge in [0.2, 0.25) is 6.39 Å². The van der Waals surface area contributed by atoms with Crippen molar-refractivity contribution in [3.8, 4) is 0 Å². The Hall–Kier alpha value is -2.14. The zero-order valence-electron chi connectivity index (χ0n) is 11.8. The fourth-order valence-electron chi connectivity index (χ4n) is 2.60. The summed E-state index contributed by atoms with van der Waals surface area (Å²) in [6.45, 7) is 3.86. The number of nitrogens with zero attached hydrogens (tertiary/aromatic N) is 3. The van der Waals surface area contributed by atoms with E-state index in [1.165, 1.54) is 28.6 Å². The normalized spacial score (nSPS) is 11.3. The molecule has 5 nitrogen and oxygen atoms in total. The van der Waals surface area contributed by atoms with Gasteiger partial charge in [0.1, 0.15) is 0 Å². The van der Waals surface area contributed by atoms with Crippen LogP contribution in [0.25, 0.3) is 10.9 Å². The van der Waals surface area contributed by atoms with Crippen molar-refractivity contribution in [1.82, 2.24) is 20.0 Å². The fraction of sp³-hybridized carbons (Fsp3) is 0.333. The number of fused-ring (bicyclic) bond motifs is 1. The molecule has 0 unspecified atom stereocenters. The highest BCUT2D eigenvalue weighted by Crippen LogP contribution is 2.24. The van der Waals surface area contributed by atoms with E-state index in [4.69, 9.17) is 4.52 Å². The number of rotatable bonds is 5. The van der Waals surface area contributed by atoms with Gasteiger partial charge in [-0.2, -0.15) is 4.98 Å². The molecule has 0 saturated heterocycles. The Bertz CT molecular complexity index is 661. The average Bonchev–Trinajstić information content (AvgIpc) is 3.06. The second-order valence-electron chi connectivity index (χ2n) is 4.92. The third kappa shape index (κ3) is 2.32. The van der Waals surface area contributed by atoms with Gasteiger partial charge in [-0.25, -0.2) is 0 Å². The summed E-state index contributed by atoms with van der Waals surface area (Å²) in [5, 5.41) is 8.56. The third-order valence-corrected chi connectivity index (χ3v) is 3.73. The molecule has 20 heavy (non-hydrogen) atoms. The van der Waals surface area contributed by atoms with Crippen molar-refractivity contribution >= 4 is 10.9 Å². The number of aromatic nitrogens is 3. The van der Waals surface area contributed by atoms with Crippen molar-refractivity contribution in [2.45, 2.75) is 19.9 Å². The van der Waals surface area contributed by atoms with Crippen LogP contribution in [0.4, 0.5) is 0 Å². The minimum atomic E-state index is 0.742. The van der Waals surface area contributed by atoms with Gasteiger partial charge in [-0.3, -0.25) is 0 Å². The lowest BCUT2D eigenvalue weighted by Crippen LogP contribution is -2.19. The first-order chi connectivity index (χ1) is 9.77. The predicted molar refractivity (Wildman–Crippen MR) is 77.4 cm³/mol. The summed E-state index contributed by atoms with van der Waals surface area (Å²) in [5.74, 6) is 0.742. The maximum absolute atomic E-state index is 4.71. The predicted octanol–water partition coefficient (Wildman–Crippen LogP) is 2.20. The molecule has 104 valence electrons. The quantitative estimate of drug-likeness (QED) is 0.722. The highest BCUT2D eigenvalue weighted by Gasteiger charge is 2.10. The van der Waals surface area contributed by atoms with Gasteiger partial charge >= 0.3 is 0 Å². The van der Waals surface area contributed by atoms with Crippen molar-refractivity contribution in [1.29, 1.82) is 0 Å². The Kier molecular flexibility index (Phi) is 3.52. The zero-order valence-corrected chi connectivity index (χ0v) is 11.8. The first-order valence-electron chi connectivity index (χ1n) is 6.76. The van der Waals surface area contributed by atoms with Crippen LogP contribution in [0.2, 0.25) is 0 Å². The molecule has 5 heteroatoms. The van der Waals surface area contributed by atoms with Crippen LogP contribution in [0.1, 0.15) is 17.1 Å². The SMILES string of the molecule is Cc1c(CNCCc2ncon2)n(C)c2ccccc12. The van der Waals surface area contributed by atoms with Crippen LogP contribution in [0.15, 0.2) is 35.2 Å². The van der Waals surface area contributed by atoms with Crippen molar-refractivity contribution in [2.24, 2.45) is 7.05 Å². The number of aryl methyl sites for hydroxylation is 2. The van der Waals surface area contributed by atoms with Crippen LogP contribution in [0, 0.1) is 6.92 Å². The molecule has 0 atom stereocenters. The molecular formula is C15H18N4O. The van der Waals surface area contributed by atoms with E-state index >= 15 is 0 Å². The molecule has 3 aromatic rings. The van der Waals surface area contributed by atoms with Crippen molar-refractivity contribution < 1.29 is 4.52 Å². The Morgan fingerprint density at radius 2 is 2.15 bits per heavy atom. The second kappa shape index (κ2) is 5.46. The topological polar surface area (TPSA) is 55.9 Å². The molecule has 0 spiro atoms. The minimum absolute atomic E-state index is 0.742. The van der Waals surface area contributed by atoms with Gasteiger partial charge in [-0.05, 0) is 18.6 Å². The van der Waals surface area contributed by atoms with Crippen molar-refractivity contribution in [3.05, 3.63) is 47.7 Å². The van der Waals surface area contributed by atoms with Gasteiger partial charge < -0.3 is 14.4 Å². The van der Waals surface area contributed by atoms with Crippen LogP contribution >= 0.6 is 0 Å². The Morgan fingerprint density at radius 1 is 1.30 bits per heavy atom. The van der Waals surface area contributed by atoms with Crippen molar-refractivity contribution in [3.63, 3.8) is 0 Å². The molecule has 0 aliphatic carbocycles. The van der Waals surface area contributed by atoms with Gasteiger partial charge in [0.15, 0.2) is 5.82 Å². The Labute approximate surface area is 117 Å². The lowest BCUT2D eigenvalue weighted by Gasteiger charge is -2.07. The van der Waals surface area contributed by atoms with E-state index in [0.717, 1.165) is 25.3 Å². The van der Waals surface area contributed by atoms with E-state index in [9.17, 15) is 0 Å². The molecule has 3 rings (SSSR count). The van der Waals surface area contributed by atoms with Crippen LogP contribution in [0.3, 0.4) is 0 Å². The van der Waals surface area contributed by atoms with Crippen LogP contribution in [-0.4, -0.2) is 21.3 Å². The number of hydrogen-bond acceptors (Lipinski definition) is 4. The molecule has 0 aliphatic heterocycles. The summed E-state index contributed by atoms with van der Waals surface area (Å²) in [6, 6.07) is 8.50. The zero-order chi connectivity index (χ0) is 13.9. The summed E-state index contributed by atoms with van der Waals surface area (Å²) in [7, 11) is 2.12. The van der Waals surface area contributed by atoms with Gasteiger partial charge in [0.05, 0.1) is 0 Å². The van der Waals surface area contributed by atoms with E-state index < -0.39 is 0 Å². The third-order valence-electron chi connectivity index (χ3n) is 3.73. The van der Waals surface area contributed by atoms with Crippen molar-refractivity contribution in [2.75, 3.05) is 6.54 Å². The second-order valence-corrected chi connectivity index (χ2v) is 4.92. The summed E-state index contributed by atoms with van der Waals surface area (Å²) in [4.78, 5) is 4.01. The molecular weight excluding hydrogens is 252 g/mol. The molecule has 0 saturated carbocycles. The summed E-state index contributed by atoms with van der Waals surface area (Å²) >= 11 is 0. The van der Waals surface area contributed by atoms with E-state index in [1.54, 1.807) is 0 Å². The van der Waals surface area contributed by atoms with Gasteiger partial charge in [0.25, 0.3) is 0 Å². The monoisotopic (exact) mass is 270 g/mol. The molecule has 1 N–H and O–H groups in total. The van der Waals surface area contributed by atoms with Gasteiger partial charge in [-0.15, -0.1) is 0 Å². The highest BCUT2D eigenvalue weighted by molar-refractivity contribution is 5.85. The highest BCUT2D eigenvalue weighted by atomic mass is 16.5. The summed E-state index contributed by atoms with van der Waals surface area (Å²) in [6.07, 6.45) is 2.14. The lowest BCUT2D eigenvalue weighted by atomic mass is 10.1. The summed E-state index contributed by atoms with van der Waals surface area (Å²) in [5.41, 5.74) is 3.94. The largest absolute Gasteiger partial charge is 0.346 e. The van der Waals surface area contributed by atoms with E-state index in [0.29, 0.717) is 0 Å². The first-order valence-corrected chi connectivity index (χ1v) is 6.76. The Morgan fingerprint density at radius 3 is 2.90 bits per heavy atom.